The summed E-state index contributed by atoms with van der Waals surface area (Å²) in [7, 11) is 0. The second-order valence-electron chi connectivity index (χ2n) is 3.45. The molecule has 2 atom stereocenters. The van der Waals surface area contributed by atoms with Crippen LogP contribution < -0.4 is 0 Å². The van der Waals surface area contributed by atoms with Gasteiger partial charge in [-0.15, -0.1) is 0 Å². The van der Waals surface area contributed by atoms with E-state index in [0.29, 0.717) is 6.61 Å². The van der Waals surface area contributed by atoms with Crippen LogP contribution in [0.2, 0.25) is 0 Å². The van der Waals surface area contributed by atoms with Crippen molar-refractivity contribution in [3.05, 3.63) is 40.7 Å². The van der Waals surface area contributed by atoms with Gasteiger partial charge in [-0.05, 0) is 36.6 Å². The molecule has 0 aromatic heterocycles. The average Bonchev–Trinajstić information content (AvgIpc) is 2.16. The van der Waals surface area contributed by atoms with E-state index in [9.17, 15) is 5.11 Å². The lowest BCUT2D eigenvalue weighted by atomic mass is 9.95. The van der Waals surface area contributed by atoms with Crippen molar-refractivity contribution >= 4 is 15.9 Å². The fraction of sp³-hybridized carbons (Fsp3) is 0.364. The van der Waals surface area contributed by atoms with Crippen LogP contribution in [0.1, 0.15) is 17.2 Å². The van der Waals surface area contributed by atoms with Crippen LogP contribution in [0.4, 0.5) is 0 Å². The minimum atomic E-state index is -0.699. The zero-order valence-electron chi connectivity index (χ0n) is 7.74. The van der Waals surface area contributed by atoms with Crippen LogP contribution in [0.15, 0.2) is 22.7 Å². The summed E-state index contributed by atoms with van der Waals surface area (Å²) in [6.07, 6.45) is -0.0695. The van der Waals surface area contributed by atoms with Crippen LogP contribution in [-0.4, -0.2) is 17.8 Å². The lowest BCUT2D eigenvalue weighted by molar-refractivity contribution is -0.0281. The smallest absolute Gasteiger partial charge is 0.109 e. The summed E-state index contributed by atoms with van der Waals surface area (Å²) in [5, 5.41) is 9.45. The Labute approximate surface area is 92.0 Å². The van der Waals surface area contributed by atoms with Crippen molar-refractivity contribution in [3.8, 4) is 0 Å². The molecule has 0 aliphatic carbocycles. The maximum Gasteiger partial charge on any atom is 0.109 e. The molecule has 2 rings (SSSR count). The molecule has 0 bridgehead atoms. The first-order valence-electron chi connectivity index (χ1n) is 4.59. The number of hydrogen-bond acceptors (Lipinski definition) is 2. The van der Waals surface area contributed by atoms with Gasteiger partial charge < -0.3 is 9.84 Å². The highest BCUT2D eigenvalue weighted by Gasteiger charge is 2.24. The SMILES string of the molecule is [CH2]C(O)[C@H]1OCCc2cc(Br)ccc21. The van der Waals surface area contributed by atoms with Gasteiger partial charge in [-0.2, -0.15) is 0 Å². The molecule has 1 aromatic carbocycles. The number of ether oxygens (including phenoxy) is 1. The van der Waals surface area contributed by atoms with Gasteiger partial charge in [0.15, 0.2) is 0 Å². The molecule has 0 fully saturated rings. The van der Waals surface area contributed by atoms with Gasteiger partial charge in [0.1, 0.15) is 6.10 Å². The molecule has 1 heterocycles. The van der Waals surface area contributed by atoms with Gasteiger partial charge in [-0.3, -0.25) is 0 Å². The lowest BCUT2D eigenvalue weighted by Crippen LogP contribution is -2.24. The molecule has 75 valence electrons. The average molecular weight is 256 g/mol. The molecular formula is C11H12BrO2. The Kier molecular flexibility index (Phi) is 2.91. The van der Waals surface area contributed by atoms with Crippen molar-refractivity contribution in [2.75, 3.05) is 6.61 Å². The van der Waals surface area contributed by atoms with Crippen molar-refractivity contribution in [3.63, 3.8) is 0 Å². The molecule has 0 spiro atoms. The van der Waals surface area contributed by atoms with Crippen LogP contribution in [0.3, 0.4) is 0 Å². The van der Waals surface area contributed by atoms with Crippen LogP contribution in [0.5, 0.6) is 0 Å². The Hall–Kier alpha value is -0.380. The quantitative estimate of drug-likeness (QED) is 0.835. The standard InChI is InChI=1S/C11H12BrO2/c1-7(13)11-10-3-2-9(12)6-8(10)4-5-14-11/h2-3,6-7,11,13H,1,4-5H2/t7?,11-/m1/s1. The topological polar surface area (TPSA) is 29.5 Å². The third-order valence-corrected chi connectivity index (χ3v) is 2.92. The predicted octanol–water partition coefficient (Wildman–Crippen LogP) is 2.26. The summed E-state index contributed by atoms with van der Waals surface area (Å²) in [4.78, 5) is 0. The second kappa shape index (κ2) is 4.01. The van der Waals surface area contributed by atoms with Gasteiger partial charge in [0.25, 0.3) is 0 Å². The third kappa shape index (κ3) is 1.85. The molecule has 1 radical (unpaired) electrons. The molecule has 0 saturated heterocycles. The Bertz CT molecular complexity index is 336. The summed E-state index contributed by atoms with van der Waals surface area (Å²) in [6.45, 7) is 4.26. The minimum Gasteiger partial charge on any atom is -0.390 e. The van der Waals surface area contributed by atoms with Gasteiger partial charge in [-0.1, -0.05) is 22.0 Å². The van der Waals surface area contributed by atoms with Crippen LogP contribution >= 0.6 is 15.9 Å². The van der Waals surface area contributed by atoms with Crippen LogP contribution in [0, 0.1) is 6.92 Å². The van der Waals surface area contributed by atoms with E-state index in [1.165, 1.54) is 5.56 Å². The molecule has 0 saturated carbocycles. The number of halogens is 1. The molecule has 1 aliphatic rings. The highest BCUT2D eigenvalue weighted by atomic mass is 79.9. The maximum atomic E-state index is 9.45. The lowest BCUT2D eigenvalue weighted by Gasteiger charge is -2.28. The molecule has 1 aliphatic heterocycles. The zero-order chi connectivity index (χ0) is 10.1. The second-order valence-corrected chi connectivity index (χ2v) is 4.37. The number of fused-ring (bicyclic) bond motifs is 1. The molecule has 3 heteroatoms. The highest BCUT2D eigenvalue weighted by Crippen LogP contribution is 2.31. The first kappa shape index (κ1) is 10.1. The van der Waals surface area contributed by atoms with Crippen LogP contribution in [0.25, 0.3) is 0 Å². The fourth-order valence-corrected chi connectivity index (χ4v) is 2.18. The van der Waals surface area contributed by atoms with Crippen molar-refractivity contribution < 1.29 is 9.84 Å². The first-order chi connectivity index (χ1) is 6.68. The van der Waals surface area contributed by atoms with E-state index in [0.717, 1.165) is 16.5 Å². The zero-order valence-corrected chi connectivity index (χ0v) is 9.33. The maximum absolute atomic E-state index is 9.45. The van der Waals surface area contributed by atoms with Crippen molar-refractivity contribution in [2.45, 2.75) is 18.6 Å². The molecule has 2 nitrogen and oxygen atoms in total. The Morgan fingerprint density at radius 1 is 1.57 bits per heavy atom. The van der Waals surface area contributed by atoms with Crippen molar-refractivity contribution in [1.82, 2.24) is 0 Å². The minimum absolute atomic E-state index is 0.271. The monoisotopic (exact) mass is 255 g/mol. The van der Waals surface area contributed by atoms with Gasteiger partial charge in [0.05, 0.1) is 12.7 Å². The number of hydrogen-bond donors (Lipinski definition) is 1. The number of aliphatic hydroxyl groups excluding tert-OH is 1. The van der Waals surface area contributed by atoms with Gasteiger partial charge >= 0.3 is 0 Å². The fourth-order valence-electron chi connectivity index (χ4n) is 1.77. The van der Waals surface area contributed by atoms with E-state index >= 15 is 0 Å². The molecule has 14 heavy (non-hydrogen) atoms. The number of rotatable bonds is 1. The Morgan fingerprint density at radius 2 is 2.36 bits per heavy atom. The Morgan fingerprint density at radius 3 is 3.07 bits per heavy atom. The number of aliphatic hydroxyl groups is 1. The van der Waals surface area contributed by atoms with E-state index < -0.39 is 6.10 Å². The van der Waals surface area contributed by atoms with Crippen LogP contribution in [-0.2, 0) is 11.2 Å². The van der Waals surface area contributed by atoms with E-state index in [2.05, 4.69) is 28.9 Å². The summed E-state index contributed by atoms with van der Waals surface area (Å²) in [5.74, 6) is 0. The van der Waals surface area contributed by atoms with Gasteiger partial charge in [0.2, 0.25) is 0 Å². The summed E-state index contributed by atoms with van der Waals surface area (Å²) in [6, 6.07) is 6.02. The third-order valence-electron chi connectivity index (χ3n) is 2.43. The van der Waals surface area contributed by atoms with Crippen molar-refractivity contribution in [1.29, 1.82) is 0 Å². The van der Waals surface area contributed by atoms with Crippen molar-refractivity contribution in [2.24, 2.45) is 0 Å². The molecule has 0 amide bonds. The summed E-state index contributed by atoms with van der Waals surface area (Å²) < 4.78 is 6.54. The molecular weight excluding hydrogens is 244 g/mol. The van der Waals surface area contributed by atoms with Gasteiger partial charge in [-0.25, -0.2) is 0 Å². The largest absolute Gasteiger partial charge is 0.390 e. The summed E-state index contributed by atoms with van der Waals surface area (Å²) in [5.41, 5.74) is 2.29. The molecule has 1 unspecified atom stereocenters. The van der Waals surface area contributed by atoms with E-state index in [4.69, 9.17) is 4.74 Å². The van der Waals surface area contributed by atoms with E-state index in [-0.39, 0.29) is 6.10 Å². The van der Waals surface area contributed by atoms with E-state index in [1.54, 1.807) is 0 Å². The molecule has 1 aromatic rings. The first-order valence-corrected chi connectivity index (χ1v) is 5.39. The highest BCUT2D eigenvalue weighted by molar-refractivity contribution is 9.10. The van der Waals surface area contributed by atoms with Gasteiger partial charge in [0, 0.05) is 4.47 Å². The van der Waals surface area contributed by atoms with E-state index in [1.807, 2.05) is 12.1 Å². The predicted molar refractivity (Wildman–Crippen MR) is 57.9 cm³/mol. The normalized spacial score (nSPS) is 22.9. The Balaban J connectivity index is 2.40. The number of benzene rings is 1. The summed E-state index contributed by atoms with van der Waals surface area (Å²) >= 11 is 3.43. The molecule has 1 N–H and O–H groups in total.